The third-order valence-electron chi connectivity index (χ3n) is 7.14. The van der Waals surface area contributed by atoms with Crippen molar-refractivity contribution in [2.75, 3.05) is 11.9 Å². The summed E-state index contributed by atoms with van der Waals surface area (Å²) in [7, 11) is 0. The summed E-state index contributed by atoms with van der Waals surface area (Å²) in [6, 6.07) is 15.8. The molecule has 0 bridgehead atoms. The first-order valence-corrected chi connectivity index (χ1v) is 13.8. The van der Waals surface area contributed by atoms with Crippen molar-refractivity contribution in [3.05, 3.63) is 81.2 Å². The van der Waals surface area contributed by atoms with Gasteiger partial charge in [-0.3, -0.25) is 4.79 Å². The van der Waals surface area contributed by atoms with Crippen molar-refractivity contribution in [1.82, 2.24) is 4.98 Å². The van der Waals surface area contributed by atoms with Gasteiger partial charge in [0, 0.05) is 15.8 Å². The first kappa shape index (κ1) is 25.2. The second-order valence-electron chi connectivity index (χ2n) is 10.0. The number of carbonyl (C=O) groups is 2. The van der Waals surface area contributed by atoms with Crippen molar-refractivity contribution in [2.24, 2.45) is 5.92 Å². The number of anilines is 1. The lowest BCUT2D eigenvalue weighted by molar-refractivity contribution is 0.0505. The summed E-state index contributed by atoms with van der Waals surface area (Å²) in [6.07, 6.45) is 3.52. The lowest BCUT2D eigenvalue weighted by atomic mass is 9.88. The molecule has 1 N–H and O–H groups in total. The van der Waals surface area contributed by atoms with Crippen LogP contribution in [0.1, 0.15) is 69.0 Å². The van der Waals surface area contributed by atoms with E-state index in [0.717, 1.165) is 53.4 Å². The van der Waals surface area contributed by atoms with E-state index in [4.69, 9.17) is 9.72 Å². The number of nitrogens with one attached hydrogen (secondary N) is 1. The molecule has 1 amide bonds. The first-order valence-electron chi connectivity index (χ1n) is 13.0. The molecule has 0 saturated heterocycles. The number of pyridine rings is 1. The molecule has 0 spiro atoms. The van der Waals surface area contributed by atoms with Gasteiger partial charge in [-0.05, 0) is 80.3 Å². The van der Waals surface area contributed by atoms with Gasteiger partial charge in [-0.15, -0.1) is 11.3 Å². The number of benzene rings is 2. The predicted molar refractivity (Wildman–Crippen MR) is 151 cm³/mol. The molecule has 1 atom stereocenters. The maximum atomic E-state index is 13.8. The fourth-order valence-corrected chi connectivity index (χ4v) is 6.30. The number of fused-ring (bicyclic) bond motifs is 2. The maximum Gasteiger partial charge on any atom is 0.341 e. The highest BCUT2D eigenvalue weighted by Crippen LogP contribution is 2.40. The van der Waals surface area contributed by atoms with Crippen LogP contribution in [-0.2, 0) is 17.6 Å². The number of hydrogen-bond acceptors (Lipinski definition) is 5. The van der Waals surface area contributed by atoms with Gasteiger partial charge in [0.2, 0.25) is 0 Å². The molecule has 2 aromatic carbocycles. The van der Waals surface area contributed by atoms with E-state index < -0.39 is 0 Å². The van der Waals surface area contributed by atoms with Gasteiger partial charge in [0.1, 0.15) is 5.00 Å². The SMILES string of the molecule is CCCOC(=O)c1c(NC(=O)c2cc(-c3ccc(C)c(C)c3)nc3ccccc23)sc2c1CCC(C)C2. The van der Waals surface area contributed by atoms with Gasteiger partial charge in [-0.25, -0.2) is 9.78 Å². The molecule has 1 unspecified atom stereocenters. The third kappa shape index (κ3) is 5.03. The van der Waals surface area contributed by atoms with Crippen LogP contribution in [0.3, 0.4) is 0 Å². The van der Waals surface area contributed by atoms with Crippen LogP contribution < -0.4 is 5.32 Å². The molecule has 0 fully saturated rings. The number of ether oxygens (including phenoxy) is 1. The van der Waals surface area contributed by atoms with Crippen LogP contribution in [0.25, 0.3) is 22.2 Å². The monoisotopic (exact) mass is 512 g/mol. The van der Waals surface area contributed by atoms with Gasteiger partial charge in [-0.2, -0.15) is 0 Å². The van der Waals surface area contributed by atoms with Gasteiger partial charge in [0.05, 0.1) is 28.9 Å². The standard InChI is InChI=1S/C31H32N2O3S/c1-5-14-36-31(35)28-23-13-10-18(2)15-27(23)37-30(28)33-29(34)24-17-26(21-12-11-19(3)20(4)16-21)32-25-9-7-6-8-22(24)25/h6-9,11-12,16-18H,5,10,13-15H2,1-4H3,(H,33,34). The van der Waals surface area contributed by atoms with E-state index in [1.165, 1.54) is 27.3 Å². The van der Waals surface area contributed by atoms with Crippen LogP contribution in [0.4, 0.5) is 5.00 Å². The number of thiophene rings is 1. The van der Waals surface area contributed by atoms with E-state index in [0.29, 0.717) is 28.7 Å². The van der Waals surface area contributed by atoms with Crippen LogP contribution >= 0.6 is 11.3 Å². The van der Waals surface area contributed by atoms with Gasteiger partial charge in [-0.1, -0.05) is 44.2 Å². The summed E-state index contributed by atoms with van der Waals surface area (Å²) in [5, 5.41) is 4.46. The quantitative estimate of drug-likeness (QED) is 0.271. The number of carbonyl (C=O) groups excluding carboxylic acids is 2. The Morgan fingerprint density at radius 1 is 1.11 bits per heavy atom. The molecule has 0 saturated carbocycles. The van der Waals surface area contributed by atoms with Crippen LogP contribution in [0.5, 0.6) is 0 Å². The molecule has 1 aliphatic carbocycles. The summed E-state index contributed by atoms with van der Waals surface area (Å²) < 4.78 is 5.53. The average molecular weight is 513 g/mol. The molecule has 1 aliphatic rings. The van der Waals surface area contributed by atoms with E-state index in [-0.39, 0.29) is 11.9 Å². The fourth-order valence-electron chi connectivity index (χ4n) is 4.90. The van der Waals surface area contributed by atoms with Gasteiger partial charge < -0.3 is 10.1 Å². The van der Waals surface area contributed by atoms with E-state index >= 15 is 0 Å². The van der Waals surface area contributed by atoms with Crippen molar-refractivity contribution in [1.29, 1.82) is 0 Å². The molecule has 0 radical (unpaired) electrons. The lowest BCUT2D eigenvalue weighted by Gasteiger charge is -2.18. The number of aromatic nitrogens is 1. The topological polar surface area (TPSA) is 68.3 Å². The van der Waals surface area contributed by atoms with E-state index in [1.807, 2.05) is 43.3 Å². The molecule has 6 heteroatoms. The highest BCUT2D eigenvalue weighted by atomic mass is 32.1. The second-order valence-corrected chi connectivity index (χ2v) is 11.1. The molecular weight excluding hydrogens is 480 g/mol. The Bertz CT molecular complexity index is 1500. The van der Waals surface area contributed by atoms with Gasteiger partial charge in [0.15, 0.2) is 0 Å². The van der Waals surface area contributed by atoms with Gasteiger partial charge >= 0.3 is 5.97 Å². The summed E-state index contributed by atoms with van der Waals surface area (Å²) in [5.74, 6) is -0.0432. The number of para-hydroxylation sites is 1. The number of esters is 1. The Morgan fingerprint density at radius 3 is 2.70 bits per heavy atom. The number of amides is 1. The van der Waals surface area contributed by atoms with Crippen LogP contribution in [0, 0.1) is 19.8 Å². The molecule has 0 aliphatic heterocycles. The average Bonchev–Trinajstić information content (AvgIpc) is 3.24. The third-order valence-corrected chi connectivity index (χ3v) is 8.31. The molecular formula is C31H32N2O3S. The molecule has 37 heavy (non-hydrogen) atoms. The first-order chi connectivity index (χ1) is 17.9. The normalized spacial score (nSPS) is 14.9. The van der Waals surface area contributed by atoms with Crippen molar-refractivity contribution in [3.63, 3.8) is 0 Å². The minimum Gasteiger partial charge on any atom is -0.462 e. The summed E-state index contributed by atoms with van der Waals surface area (Å²) in [5.41, 5.74) is 6.95. The van der Waals surface area contributed by atoms with Crippen molar-refractivity contribution in [2.45, 2.75) is 53.4 Å². The summed E-state index contributed by atoms with van der Waals surface area (Å²) in [4.78, 5) is 32.9. The Balaban J connectivity index is 1.57. The largest absolute Gasteiger partial charge is 0.462 e. The zero-order valence-corrected chi connectivity index (χ0v) is 22.6. The highest BCUT2D eigenvalue weighted by molar-refractivity contribution is 7.17. The molecule has 5 nitrogen and oxygen atoms in total. The Morgan fingerprint density at radius 2 is 1.92 bits per heavy atom. The molecule has 190 valence electrons. The Labute approximate surface area is 221 Å². The summed E-state index contributed by atoms with van der Waals surface area (Å²) in [6.45, 7) is 8.72. The van der Waals surface area contributed by atoms with Crippen LogP contribution in [0.15, 0.2) is 48.5 Å². The highest BCUT2D eigenvalue weighted by Gasteiger charge is 2.29. The molecule has 5 rings (SSSR count). The summed E-state index contributed by atoms with van der Waals surface area (Å²) >= 11 is 1.51. The van der Waals surface area contributed by atoms with E-state index in [2.05, 4.69) is 38.2 Å². The van der Waals surface area contributed by atoms with Gasteiger partial charge in [0.25, 0.3) is 5.91 Å². The fraction of sp³-hybridized carbons (Fsp3) is 0.323. The predicted octanol–water partition coefficient (Wildman–Crippen LogP) is 7.52. The van der Waals surface area contributed by atoms with Crippen LogP contribution in [0.2, 0.25) is 0 Å². The number of aryl methyl sites for hydroxylation is 2. The Hall–Kier alpha value is -3.51. The zero-order valence-electron chi connectivity index (χ0n) is 21.8. The molecule has 4 aromatic rings. The second kappa shape index (κ2) is 10.5. The van der Waals surface area contributed by atoms with Crippen molar-refractivity contribution >= 4 is 39.1 Å². The minimum absolute atomic E-state index is 0.250. The Kier molecular flexibility index (Phi) is 7.11. The molecule has 2 aromatic heterocycles. The molecule has 2 heterocycles. The van der Waals surface area contributed by atoms with Crippen molar-refractivity contribution in [3.8, 4) is 11.3 Å². The van der Waals surface area contributed by atoms with Crippen molar-refractivity contribution < 1.29 is 14.3 Å². The van der Waals surface area contributed by atoms with Crippen LogP contribution in [-0.4, -0.2) is 23.5 Å². The number of rotatable bonds is 6. The van der Waals surface area contributed by atoms with E-state index in [1.54, 1.807) is 0 Å². The smallest absolute Gasteiger partial charge is 0.341 e. The zero-order chi connectivity index (χ0) is 26.1. The minimum atomic E-state index is -0.348. The number of hydrogen-bond donors (Lipinski definition) is 1. The number of nitrogens with zero attached hydrogens (tertiary/aromatic N) is 1. The maximum absolute atomic E-state index is 13.8. The van der Waals surface area contributed by atoms with E-state index in [9.17, 15) is 9.59 Å². The lowest BCUT2D eigenvalue weighted by Crippen LogP contribution is -2.17.